The summed E-state index contributed by atoms with van der Waals surface area (Å²) in [6, 6.07) is 24.1. The van der Waals surface area contributed by atoms with Gasteiger partial charge in [0.15, 0.2) is 11.5 Å². The summed E-state index contributed by atoms with van der Waals surface area (Å²) in [4.78, 5) is 26.6. The highest BCUT2D eigenvalue weighted by atomic mass is 35.5. The van der Waals surface area contributed by atoms with E-state index in [0.29, 0.717) is 36.1 Å². The fourth-order valence-corrected chi connectivity index (χ4v) is 5.12. The molecule has 1 aliphatic rings. The molecule has 10 heteroatoms. The first-order valence-electron chi connectivity index (χ1n) is 14.3. The Bertz CT molecular complexity index is 1800. The number of hydrogen-bond donors (Lipinski definition) is 2. The van der Waals surface area contributed by atoms with Crippen LogP contribution < -0.4 is 29.6 Å². The first kappa shape index (κ1) is 31.8. The molecule has 1 aliphatic carbocycles. The summed E-state index contributed by atoms with van der Waals surface area (Å²) in [5.41, 5.74) is 1.98. The third-order valence-electron chi connectivity index (χ3n) is 7.13. The number of methoxy groups -OCH3 is 2. The minimum absolute atomic E-state index is 0.102. The Hall–Kier alpha value is -4.66. The van der Waals surface area contributed by atoms with Gasteiger partial charge in [0.1, 0.15) is 33.0 Å². The van der Waals surface area contributed by atoms with Crippen molar-refractivity contribution in [3.63, 3.8) is 0 Å². The minimum atomic E-state index is -0.624. The minimum Gasteiger partial charge on any atom is -0.497 e. The van der Waals surface area contributed by atoms with Crippen LogP contribution in [0.2, 0.25) is 0 Å². The Kier molecular flexibility index (Phi) is 10.2. The van der Waals surface area contributed by atoms with Gasteiger partial charge in [-0.3, -0.25) is 9.59 Å². The third-order valence-corrected chi connectivity index (χ3v) is 7.85. The summed E-state index contributed by atoms with van der Waals surface area (Å²) in [5, 5.41) is 7.21. The molecule has 0 saturated carbocycles. The van der Waals surface area contributed by atoms with Gasteiger partial charge in [-0.05, 0) is 79.1 Å². The zero-order chi connectivity index (χ0) is 31.9. The van der Waals surface area contributed by atoms with Crippen molar-refractivity contribution >= 4 is 56.9 Å². The number of aryl methyl sites for hydroxylation is 1. The summed E-state index contributed by atoms with van der Waals surface area (Å²) >= 11 is 12.9. The Balaban J connectivity index is 1.22. The summed E-state index contributed by atoms with van der Waals surface area (Å²) in [6.07, 6.45) is 1.54. The van der Waals surface area contributed by atoms with Gasteiger partial charge in [0, 0.05) is 17.4 Å². The fourth-order valence-electron chi connectivity index (χ4n) is 4.66. The lowest BCUT2D eigenvalue weighted by Crippen LogP contribution is -2.27. The van der Waals surface area contributed by atoms with Crippen LogP contribution in [-0.4, -0.2) is 39.0 Å². The number of anilines is 2. The number of benzene rings is 4. The van der Waals surface area contributed by atoms with Crippen molar-refractivity contribution in [2.75, 3.05) is 38.1 Å². The molecule has 0 saturated heterocycles. The highest BCUT2D eigenvalue weighted by Gasteiger charge is 2.34. The second-order valence-electron chi connectivity index (χ2n) is 10.3. The van der Waals surface area contributed by atoms with E-state index in [2.05, 4.69) is 10.6 Å². The van der Waals surface area contributed by atoms with Crippen molar-refractivity contribution in [3.8, 4) is 23.0 Å². The number of ketones is 2. The Morgan fingerprint density at radius 3 is 1.80 bits per heavy atom. The number of unbranched alkanes of at least 4 members (excludes halogenated alkanes) is 1. The third kappa shape index (κ3) is 7.53. The quantitative estimate of drug-likeness (QED) is 0.111. The number of hydrogen-bond acceptors (Lipinski definition) is 8. The lowest BCUT2D eigenvalue weighted by molar-refractivity contribution is -0.115. The number of ether oxygens (including phenoxy) is 4. The molecule has 0 spiro atoms. The normalized spacial score (nSPS) is 13.3. The largest absolute Gasteiger partial charge is 0.497 e. The standard InChI is InChI=1S/C35H32Cl2N2O6/c1-21-6-12-26(13-7-21)44-16-4-5-17-45-29-20-25(11-15-28(29)43-3)39-33-31(37)34(40)32(30(36)35(33)41)38-24-10-8-23-19-27(42-2)14-9-22(23)18-24/h6-15,18-20,38-39H,4-5,16-17H2,1-3H3. The summed E-state index contributed by atoms with van der Waals surface area (Å²) < 4.78 is 22.5. The summed E-state index contributed by atoms with van der Waals surface area (Å²) in [5.74, 6) is 1.30. The molecule has 0 heterocycles. The van der Waals surface area contributed by atoms with Gasteiger partial charge in [-0.15, -0.1) is 0 Å². The van der Waals surface area contributed by atoms with Crippen LogP contribution in [0.5, 0.6) is 23.0 Å². The van der Waals surface area contributed by atoms with Gasteiger partial charge in [0.05, 0.1) is 27.4 Å². The molecule has 2 N–H and O–H groups in total. The van der Waals surface area contributed by atoms with Crippen LogP contribution >= 0.6 is 23.2 Å². The Labute approximate surface area is 271 Å². The van der Waals surface area contributed by atoms with Crippen LogP contribution in [0.15, 0.2) is 100 Å². The number of rotatable bonds is 13. The lowest BCUT2D eigenvalue weighted by atomic mass is 10.0. The number of Topliss-reactive ketones (excluding diaryl/α,β-unsaturated/α-hetero) is 2. The van der Waals surface area contributed by atoms with E-state index >= 15 is 0 Å². The molecule has 0 unspecified atom stereocenters. The number of carbonyl (C=O) groups excluding carboxylic acids is 2. The van der Waals surface area contributed by atoms with Crippen molar-refractivity contribution < 1.29 is 28.5 Å². The van der Waals surface area contributed by atoms with E-state index in [9.17, 15) is 9.59 Å². The van der Waals surface area contributed by atoms with Crippen molar-refractivity contribution in [1.29, 1.82) is 0 Å². The second kappa shape index (κ2) is 14.4. The van der Waals surface area contributed by atoms with Crippen molar-refractivity contribution in [2.24, 2.45) is 0 Å². The van der Waals surface area contributed by atoms with Gasteiger partial charge in [0.2, 0.25) is 11.6 Å². The predicted molar refractivity (Wildman–Crippen MR) is 178 cm³/mol. The van der Waals surface area contributed by atoms with Crippen LogP contribution in [-0.2, 0) is 9.59 Å². The average Bonchev–Trinajstić information content (AvgIpc) is 3.06. The number of carbonyl (C=O) groups is 2. The van der Waals surface area contributed by atoms with E-state index < -0.39 is 11.6 Å². The fraction of sp³-hybridized carbons (Fsp3) is 0.200. The highest BCUT2D eigenvalue weighted by Crippen LogP contribution is 2.35. The maximum absolute atomic E-state index is 13.3. The summed E-state index contributed by atoms with van der Waals surface area (Å²) in [7, 11) is 3.14. The van der Waals surface area contributed by atoms with Gasteiger partial charge >= 0.3 is 0 Å². The molecule has 0 aromatic heterocycles. The first-order valence-corrected chi connectivity index (χ1v) is 15.0. The Morgan fingerprint density at radius 1 is 0.600 bits per heavy atom. The maximum atomic E-state index is 13.3. The zero-order valence-electron chi connectivity index (χ0n) is 25.0. The van der Waals surface area contributed by atoms with E-state index in [1.54, 1.807) is 38.5 Å². The second-order valence-corrected chi connectivity index (χ2v) is 11.1. The van der Waals surface area contributed by atoms with Crippen LogP contribution in [0.4, 0.5) is 11.4 Å². The smallest absolute Gasteiger partial charge is 0.224 e. The molecular weight excluding hydrogens is 615 g/mol. The molecule has 4 aromatic rings. The van der Waals surface area contributed by atoms with Gasteiger partial charge in [-0.2, -0.15) is 0 Å². The average molecular weight is 648 g/mol. The van der Waals surface area contributed by atoms with Crippen molar-refractivity contribution in [1.82, 2.24) is 0 Å². The molecule has 4 aromatic carbocycles. The van der Waals surface area contributed by atoms with Crippen LogP contribution in [0.3, 0.4) is 0 Å². The van der Waals surface area contributed by atoms with E-state index in [1.165, 1.54) is 5.56 Å². The van der Waals surface area contributed by atoms with Gasteiger partial charge < -0.3 is 29.6 Å². The number of nitrogens with one attached hydrogen (secondary N) is 2. The van der Waals surface area contributed by atoms with Crippen molar-refractivity contribution in [3.05, 3.63) is 106 Å². The van der Waals surface area contributed by atoms with Crippen LogP contribution in [0, 0.1) is 6.92 Å². The molecule has 0 atom stereocenters. The Morgan fingerprint density at radius 2 is 1.16 bits per heavy atom. The molecule has 5 rings (SSSR count). The SMILES string of the molecule is COc1ccc2cc(NC3=C(Cl)C(=O)C(Nc4ccc(OC)c(OCCCCOc5ccc(C)cc5)c4)=C(Cl)C3=O)ccc2c1. The molecule has 0 fully saturated rings. The van der Waals surface area contributed by atoms with E-state index in [4.69, 9.17) is 42.1 Å². The van der Waals surface area contributed by atoms with Crippen molar-refractivity contribution in [2.45, 2.75) is 19.8 Å². The summed E-state index contributed by atoms with van der Waals surface area (Å²) in [6.45, 7) is 3.02. The van der Waals surface area contributed by atoms with Gasteiger partial charge in [0.25, 0.3) is 0 Å². The van der Waals surface area contributed by atoms with Crippen LogP contribution in [0.25, 0.3) is 10.8 Å². The molecule has 0 amide bonds. The molecule has 45 heavy (non-hydrogen) atoms. The van der Waals surface area contributed by atoms with Gasteiger partial charge in [-0.1, -0.05) is 53.0 Å². The van der Waals surface area contributed by atoms with E-state index in [0.717, 1.165) is 35.1 Å². The molecular formula is C35H32Cl2N2O6. The number of halogens is 2. The molecule has 0 bridgehead atoms. The van der Waals surface area contributed by atoms with Gasteiger partial charge in [-0.25, -0.2) is 0 Å². The molecule has 0 radical (unpaired) electrons. The molecule has 8 nitrogen and oxygen atoms in total. The van der Waals surface area contributed by atoms with Crippen LogP contribution in [0.1, 0.15) is 18.4 Å². The number of fused-ring (bicyclic) bond motifs is 1. The van der Waals surface area contributed by atoms with E-state index in [-0.39, 0.29) is 21.5 Å². The molecule has 0 aliphatic heterocycles. The maximum Gasteiger partial charge on any atom is 0.224 e. The topological polar surface area (TPSA) is 95.1 Å². The first-order chi connectivity index (χ1) is 21.8. The predicted octanol–water partition coefficient (Wildman–Crippen LogP) is 7.98. The number of allylic oxidation sites excluding steroid dienone is 2. The highest BCUT2D eigenvalue weighted by molar-refractivity contribution is 6.56. The van der Waals surface area contributed by atoms with E-state index in [1.807, 2.05) is 61.5 Å². The zero-order valence-corrected chi connectivity index (χ0v) is 26.6. The molecule has 232 valence electrons. The monoisotopic (exact) mass is 646 g/mol. The lowest BCUT2D eigenvalue weighted by Gasteiger charge is -2.21.